The second-order valence-electron chi connectivity index (χ2n) is 7.15. The molecule has 0 saturated heterocycles. The Kier molecular flexibility index (Phi) is 7.37. The van der Waals surface area contributed by atoms with Gasteiger partial charge in [-0.15, -0.1) is 5.10 Å². The minimum absolute atomic E-state index is 0.0586. The van der Waals surface area contributed by atoms with E-state index in [1.165, 1.54) is 11.1 Å². The standard InChI is InChI=1S/C21H30N6O2/c1-3-4-18(10-12-28)29-21-25-19(22)20-24-14-17(27(20)26-21)13-16-7-5-15(6-8-16)9-11-23-2/h5-8,14,18,23,28H,3-4,9-13H2,1-2H3,(H2,22,25,26). The van der Waals surface area contributed by atoms with Crippen LogP contribution in [0.3, 0.4) is 0 Å². The third kappa shape index (κ3) is 5.42. The number of ether oxygens (including phenoxy) is 1. The molecule has 8 nitrogen and oxygen atoms in total. The van der Waals surface area contributed by atoms with Crippen molar-refractivity contribution in [1.29, 1.82) is 0 Å². The van der Waals surface area contributed by atoms with Crippen LogP contribution in [0.1, 0.15) is 43.0 Å². The number of anilines is 1. The Labute approximate surface area is 171 Å². The van der Waals surface area contributed by atoms with Crippen LogP contribution in [0, 0.1) is 0 Å². The average molecular weight is 399 g/mol. The van der Waals surface area contributed by atoms with Crippen LogP contribution in [0.5, 0.6) is 6.01 Å². The van der Waals surface area contributed by atoms with E-state index in [0.717, 1.165) is 31.5 Å². The van der Waals surface area contributed by atoms with Crippen molar-refractivity contribution < 1.29 is 9.84 Å². The molecule has 3 rings (SSSR count). The quantitative estimate of drug-likeness (QED) is 0.453. The van der Waals surface area contributed by atoms with Gasteiger partial charge in [0.25, 0.3) is 0 Å². The number of nitrogen functional groups attached to an aromatic ring is 1. The van der Waals surface area contributed by atoms with E-state index in [-0.39, 0.29) is 24.5 Å². The lowest BCUT2D eigenvalue weighted by atomic mass is 10.1. The van der Waals surface area contributed by atoms with E-state index < -0.39 is 0 Å². The van der Waals surface area contributed by atoms with Crippen molar-refractivity contribution in [3.63, 3.8) is 0 Å². The van der Waals surface area contributed by atoms with Gasteiger partial charge < -0.3 is 20.9 Å². The third-order valence-corrected chi connectivity index (χ3v) is 4.84. The largest absolute Gasteiger partial charge is 0.459 e. The van der Waals surface area contributed by atoms with Crippen molar-refractivity contribution in [2.75, 3.05) is 25.9 Å². The van der Waals surface area contributed by atoms with Gasteiger partial charge >= 0.3 is 6.01 Å². The van der Waals surface area contributed by atoms with Crippen molar-refractivity contribution in [3.05, 3.63) is 47.3 Å². The zero-order valence-corrected chi connectivity index (χ0v) is 17.1. The maximum absolute atomic E-state index is 9.25. The zero-order valence-electron chi connectivity index (χ0n) is 17.1. The Balaban J connectivity index is 1.80. The number of aliphatic hydroxyl groups is 1. The maximum atomic E-state index is 9.25. The molecule has 1 unspecified atom stereocenters. The van der Waals surface area contributed by atoms with Gasteiger partial charge in [0.1, 0.15) is 6.10 Å². The number of fused-ring (bicyclic) bond motifs is 1. The monoisotopic (exact) mass is 398 g/mol. The third-order valence-electron chi connectivity index (χ3n) is 4.84. The van der Waals surface area contributed by atoms with Crippen LogP contribution in [0.15, 0.2) is 30.5 Å². The molecular weight excluding hydrogens is 368 g/mol. The summed E-state index contributed by atoms with van der Waals surface area (Å²) in [6.45, 7) is 3.09. The van der Waals surface area contributed by atoms with Crippen LogP contribution in [-0.2, 0) is 12.8 Å². The topological polar surface area (TPSA) is 111 Å². The van der Waals surface area contributed by atoms with Gasteiger partial charge in [-0.25, -0.2) is 9.50 Å². The molecule has 8 heteroatoms. The Morgan fingerprint density at radius 3 is 2.66 bits per heavy atom. The van der Waals surface area contributed by atoms with Gasteiger partial charge in [0.2, 0.25) is 0 Å². The molecule has 0 aliphatic carbocycles. The smallest absolute Gasteiger partial charge is 0.336 e. The summed E-state index contributed by atoms with van der Waals surface area (Å²) in [7, 11) is 1.96. The molecule has 1 atom stereocenters. The number of aromatic nitrogens is 4. The normalized spacial score (nSPS) is 12.4. The fourth-order valence-electron chi connectivity index (χ4n) is 3.28. The van der Waals surface area contributed by atoms with E-state index in [0.29, 0.717) is 18.5 Å². The van der Waals surface area contributed by atoms with Crippen LogP contribution >= 0.6 is 0 Å². The van der Waals surface area contributed by atoms with E-state index in [9.17, 15) is 5.11 Å². The highest BCUT2D eigenvalue weighted by atomic mass is 16.5. The van der Waals surface area contributed by atoms with Gasteiger partial charge in [0.15, 0.2) is 11.5 Å². The molecule has 0 bridgehead atoms. The molecule has 0 saturated carbocycles. The zero-order chi connectivity index (χ0) is 20.6. The van der Waals surface area contributed by atoms with Crippen LogP contribution < -0.4 is 15.8 Å². The molecule has 0 fully saturated rings. The number of aliphatic hydroxyl groups excluding tert-OH is 1. The predicted molar refractivity (Wildman–Crippen MR) is 113 cm³/mol. The summed E-state index contributed by atoms with van der Waals surface area (Å²) in [5, 5.41) is 16.9. The summed E-state index contributed by atoms with van der Waals surface area (Å²) in [5.41, 5.74) is 9.99. The highest BCUT2D eigenvalue weighted by Crippen LogP contribution is 2.19. The Bertz CT molecular complexity index is 903. The molecule has 0 amide bonds. The van der Waals surface area contributed by atoms with Crippen molar-refractivity contribution >= 4 is 11.5 Å². The number of nitrogens with zero attached hydrogens (tertiary/aromatic N) is 4. The molecule has 3 aromatic rings. The molecule has 2 heterocycles. The summed E-state index contributed by atoms with van der Waals surface area (Å²) in [4.78, 5) is 8.61. The summed E-state index contributed by atoms with van der Waals surface area (Å²) in [5.74, 6) is 0.280. The van der Waals surface area contributed by atoms with Gasteiger partial charge in [0.05, 0.1) is 11.9 Å². The molecule has 29 heavy (non-hydrogen) atoms. The minimum atomic E-state index is -0.140. The number of nitrogens with two attached hydrogens (primary N) is 1. The number of benzene rings is 1. The summed E-state index contributed by atoms with van der Waals surface area (Å²) >= 11 is 0. The Hall–Kier alpha value is -2.71. The molecular formula is C21H30N6O2. The lowest BCUT2D eigenvalue weighted by molar-refractivity contribution is 0.133. The average Bonchev–Trinajstić information content (AvgIpc) is 3.11. The molecule has 1 aromatic carbocycles. The van der Waals surface area contributed by atoms with Gasteiger partial charge in [0, 0.05) is 19.4 Å². The first kappa shape index (κ1) is 21.0. The molecule has 0 spiro atoms. The fraction of sp³-hybridized carbons (Fsp3) is 0.476. The molecule has 0 aliphatic heterocycles. The van der Waals surface area contributed by atoms with Crippen molar-refractivity contribution in [1.82, 2.24) is 24.9 Å². The number of rotatable bonds is 11. The Morgan fingerprint density at radius 1 is 1.21 bits per heavy atom. The molecule has 2 aromatic heterocycles. The SMILES string of the molecule is CCCC(CCO)Oc1nc(N)c2ncc(Cc3ccc(CCNC)cc3)n2n1. The fourth-order valence-corrected chi connectivity index (χ4v) is 3.28. The van der Waals surface area contributed by atoms with E-state index in [1.807, 2.05) is 7.05 Å². The van der Waals surface area contributed by atoms with Gasteiger partial charge in [-0.3, -0.25) is 0 Å². The number of imidazole rings is 1. The second-order valence-corrected chi connectivity index (χ2v) is 7.15. The number of hydrogen-bond donors (Lipinski definition) is 3. The lowest BCUT2D eigenvalue weighted by Crippen LogP contribution is -2.20. The van der Waals surface area contributed by atoms with E-state index in [2.05, 4.69) is 51.6 Å². The lowest BCUT2D eigenvalue weighted by Gasteiger charge is -2.16. The first-order valence-corrected chi connectivity index (χ1v) is 10.1. The number of hydrogen-bond acceptors (Lipinski definition) is 7. The van der Waals surface area contributed by atoms with Crippen molar-refractivity contribution in [3.8, 4) is 6.01 Å². The van der Waals surface area contributed by atoms with Gasteiger partial charge in [-0.1, -0.05) is 37.6 Å². The van der Waals surface area contributed by atoms with Crippen LogP contribution in [0.25, 0.3) is 5.65 Å². The Morgan fingerprint density at radius 2 is 1.97 bits per heavy atom. The minimum Gasteiger partial charge on any atom is -0.459 e. The highest BCUT2D eigenvalue weighted by molar-refractivity contribution is 5.59. The predicted octanol–water partition coefficient (Wildman–Crippen LogP) is 1.99. The molecule has 0 radical (unpaired) electrons. The number of nitrogens with one attached hydrogen (secondary N) is 1. The first-order chi connectivity index (χ1) is 14.1. The summed E-state index contributed by atoms with van der Waals surface area (Å²) in [6.07, 6.45) is 5.62. The van der Waals surface area contributed by atoms with Crippen LogP contribution in [-0.4, -0.2) is 51.0 Å². The highest BCUT2D eigenvalue weighted by Gasteiger charge is 2.16. The van der Waals surface area contributed by atoms with Crippen molar-refractivity contribution in [2.45, 2.75) is 45.1 Å². The van der Waals surface area contributed by atoms with E-state index in [1.54, 1.807) is 10.7 Å². The van der Waals surface area contributed by atoms with Crippen LogP contribution in [0.2, 0.25) is 0 Å². The molecule has 156 valence electrons. The maximum Gasteiger partial charge on any atom is 0.336 e. The summed E-state index contributed by atoms with van der Waals surface area (Å²) < 4.78 is 7.60. The molecule has 0 aliphatic rings. The van der Waals surface area contributed by atoms with Gasteiger partial charge in [-0.05, 0) is 37.6 Å². The van der Waals surface area contributed by atoms with Gasteiger partial charge in [-0.2, -0.15) is 4.98 Å². The number of likely N-dealkylation sites (N-methyl/N-ethyl adjacent to an activating group) is 1. The van der Waals surface area contributed by atoms with Crippen LogP contribution in [0.4, 0.5) is 5.82 Å². The van der Waals surface area contributed by atoms with Crippen molar-refractivity contribution in [2.24, 2.45) is 0 Å². The van der Waals surface area contributed by atoms with E-state index >= 15 is 0 Å². The summed E-state index contributed by atoms with van der Waals surface area (Å²) in [6, 6.07) is 8.77. The van der Waals surface area contributed by atoms with E-state index in [4.69, 9.17) is 10.5 Å². The first-order valence-electron chi connectivity index (χ1n) is 10.1. The second kappa shape index (κ2) is 10.2. The molecule has 4 N–H and O–H groups in total.